The predicted molar refractivity (Wildman–Crippen MR) is 89.9 cm³/mol. The molecule has 0 heterocycles. The van der Waals surface area contributed by atoms with E-state index in [4.69, 9.17) is 5.73 Å². The Bertz CT molecular complexity index is 679. The first-order valence-corrected chi connectivity index (χ1v) is 7.26. The van der Waals surface area contributed by atoms with Gasteiger partial charge in [0.1, 0.15) is 0 Å². The monoisotopic (exact) mass is 298 g/mol. The summed E-state index contributed by atoms with van der Waals surface area (Å²) in [4.78, 5) is 23.0. The van der Waals surface area contributed by atoms with E-state index in [1.807, 2.05) is 45.0 Å². The number of nitrogens with two attached hydrogens (primary N) is 1. The van der Waals surface area contributed by atoms with Crippen molar-refractivity contribution in [3.63, 3.8) is 0 Å². The summed E-state index contributed by atoms with van der Waals surface area (Å²) in [5.74, 6) is -0.596. The normalized spacial score (nSPS) is 9.45. The van der Waals surface area contributed by atoms with Crippen LogP contribution in [-0.4, -0.2) is 18.9 Å². The van der Waals surface area contributed by atoms with E-state index in [0.29, 0.717) is 11.1 Å². The molecule has 0 spiro atoms. The van der Waals surface area contributed by atoms with Crippen LogP contribution in [-0.2, 0) is 0 Å². The first-order chi connectivity index (χ1) is 10.5. The summed E-state index contributed by atoms with van der Waals surface area (Å²) >= 11 is 0. The number of carbonyl (C=O) groups is 2. The Morgan fingerprint density at radius 2 is 1.64 bits per heavy atom. The summed E-state index contributed by atoms with van der Waals surface area (Å²) in [6.45, 7) is 5.84. The molecule has 2 amide bonds. The Kier molecular flexibility index (Phi) is 6.32. The molecule has 4 nitrogen and oxygen atoms in total. The quantitative estimate of drug-likeness (QED) is 0.913. The fourth-order valence-corrected chi connectivity index (χ4v) is 2.05. The molecule has 3 N–H and O–H groups in total. The highest BCUT2D eigenvalue weighted by Crippen LogP contribution is 2.23. The maximum atomic E-state index is 11.6. The van der Waals surface area contributed by atoms with Gasteiger partial charge >= 0.3 is 0 Å². The van der Waals surface area contributed by atoms with Crippen molar-refractivity contribution < 1.29 is 9.59 Å². The van der Waals surface area contributed by atoms with E-state index in [-0.39, 0.29) is 5.91 Å². The average molecular weight is 298 g/mol. The second kappa shape index (κ2) is 7.98. The van der Waals surface area contributed by atoms with E-state index >= 15 is 0 Å². The third-order valence-corrected chi connectivity index (χ3v) is 3.19. The lowest BCUT2D eigenvalue weighted by molar-refractivity contribution is 0.0961. The van der Waals surface area contributed by atoms with E-state index in [9.17, 15) is 9.59 Å². The van der Waals surface area contributed by atoms with Gasteiger partial charge in [0.25, 0.3) is 5.91 Å². The van der Waals surface area contributed by atoms with Gasteiger partial charge in [-0.05, 0) is 41.8 Å². The minimum absolute atomic E-state index is 0.144. The van der Waals surface area contributed by atoms with Crippen molar-refractivity contribution in [2.45, 2.75) is 20.8 Å². The van der Waals surface area contributed by atoms with Crippen LogP contribution in [0.25, 0.3) is 11.1 Å². The molecule has 0 aliphatic carbocycles. The van der Waals surface area contributed by atoms with E-state index in [1.54, 1.807) is 25.2 Å². The van der Waals surface area contributed by atoms with Gasteiger partial charge in [0, 0.05) is 18.2 Å². The number of amides is 2. The number of nitrogens with one attached hydrogen (secondary N) is 1. The highest BCUT2D eigenvalue weighted by Gasteiger charge is 2.09. The SMILES string of the molecule is CC.CNC(=O)c1cccc(-c2ccc(C)c(C(N)=O)c2)c1. The number of hydrogen-bond donors (Lipinski definition) is 2. The number of primary amides is 1. The molecule has 0 aliphatic rings. The minimum Gasteiger partial charge on any atom is -0.366 e. The Morgan fingerprint density at radius 1 is 1.00 bits per heavy atom. The van der Waals surface area contributed by atoms with Gasteiger partial charge in [-0.25, -0.2) is 0 Å². The Labute approximate surface area is 131 Å². The van der Waals surface area contributed by atoms with Crippen molar-refractivity contribution in [2.24, 2.45) is 5.73 Å². The van der Waals surface area contributed by atoms with E-state index in [0.717, 1.165) is 16.7 Å². The molecule has 0 aromatic heterocycles. The van der Waals surface area contributed by atoms with Gasteiger partial charge in [0.2, 0.25) is 5.91 Å². The highest BCUT2D eigenvalue weighted by atomic mass is 16.1. The maximum Gasteiger partial charge on any atom is 0.251 e. The predicted octanol–water partition coefficient (Wildman–Crippen LogP) is 3.15. The molecule has 0 bridgehead atoms. The molecule has 2 aromatic carbocycles. The van der Waals surface area contributed by atoms with Gasteiger partial charge < -0.3 is 11.1 Å². The summed E-state index contributed by atoms with van der Waals surface area (Å²) < 4.78 is 0. The van der Waals surface area contributed by atoms with Crippen LogP contribution >= 0.6 is 0 Å². The standard InChI is InChI=1S/C16H16N2O2.C2H6/c1-10-6-7-12(9-14(10)15(17)19)11-4-3-5-13(8-11)16(20)18-2;1-2/h3-9H,1-2H3,(H2,17,19)(H,18,20);1-2H3. The van der Waals surface area contributed by atoms with E-state index in [2.05, 4.69) is 5.32 Å². The van der Waals surface area contributed by atoms with Gasteiger partial charge in [0.15, 0.2) is 0 Å². The van der Waals surface area contributed by atoms with Crippen molar-refractivity contribution in [1.29, 1.82) is 0 Å². The topological polar surface area (TPSA) is 72.2 Å². The van der Waals surface area contributed by atoms with Gasteiger partial charge in [0.05, 0.1) is 0 Å². The van der Waals surface area contributed by atoms with Crippen LogP contribution in [0.1, 0.15) is 40.1 Å². The number of carbonyl (C=O) groups excluding carboxylic acids is 2. The third kappa shape index (κ3) is 3.95. The first kappa shape index (κ1) is 17.4. The summed E-state index contributed by atoms with van der Waals surface area (Å²) in [5, 5.41) is 2.59. The lowest BCUT2D eigenvalue weighted by Gasteiger charge is -2.08. The number of benzene rings is 2. The molecule has 0 saturated carbocycles. The summed E-state index contributed by atoms with van der Waals surface area (Å²) in [6, 6.07) is 12.7. The Hall–Kier alpha value is -2.62. The fourth-order valence-electron chi connectivity index (χ4n) is 2.05. The number of hydrogen-bond acceptors (Lipinski definition) is 2. The second-order valence-corrected chi connectivity index (χ2v) is 4.55. The van der Waals surface area contributed by atoms with Crippen LogP contribution in [0, 0.1) is 6.92 Å². The molecule has 0 unspecified atom stereocenters. The molecule has 22 heavy (non-hydrogen) atoms. The van der Waals surface area contributed by atoms with Crippen molar-refractivity contribution in [2.75, 3.05) is 7.05 Å². The maximum absolute atomic E-state index is 11.6. The molecule has 0 saturated heterocycles. The molecule has 0 atom stereocenters. The minimum atomic E-state index is -0.452. The van der Waals surface area contributed by atoms with Gasteiger partial charge in [-0.3, -0.25) is 9.59 Å². The fraction of sp³-hybridized carbons (Fsp3) is 0.222. The molecule has 0 fully saturated rings. The molecular weight excluding hydrogens is 276 g/mol. The van der Waals surface area contributed by atoms with Crippen LogP contribution in [0.3, 0.4) is 0 Å². The van der Waals surface area contributed by atoms with Crippen LogP contribution in [0.4, 0.5) is 0 Å². The second-order valence-electron chi connectivity index (χ2n) is 4.55. The summed E-state index contributed by atoms with van der Waals surface area (Å²) in [5.41, 5.74) is 8.99. The van der Waals surface area contributed by atoms with Crippen molar-refractivity contribution in [1.82, 2.24) is 5.32 Å². The molecule has 0 aliphatic heterocycles. The van der Waals surface area contributed by atoms with Crippen LogP contribution in [0.15, 0.2) is 42.5 Å². The average Bonchev–Trinajstić information content (AvgIpc) is 2.56. The molecular formula is C18H22N2O2. The molecule has 116 valence electrons. The first-order valence-electron chi connectivity index (χ1n) is 7.26. The molecule has 4 heteroatoms. The number of rotatable bonds is 3. The van der Waals surface area contributed by atoms with Crippen molar-refractivity contribution in [3.05, 3.63) is 59.2 Å². The lowest BCUT2D eigenvalue weighted by atomic mass is 9.98. The zero-order valence-electron chi connectivity index (χ0n) is 13.4. The Balaban J connectivity index is 0.00000116. The lowest BCUT2D eigenvalue weighted by Crippen LogP contribution is -2.17. The third-order valence-electron chi connectivity index (χ3n) is 3.19. The van der Waals surface area contributed by atoms with Crippen molar-refractivity contribution >= 4 is 11.8 Å². The Morgan fingerprint density at radius 3 is 2.23 bits per heavy atom. The largest absolute Gasteiger partial charge is 0.366 e. The summed E-state index contributed by atoms with van der Waals surface area (Å²) in [7, 11) is 1.59. The van der Waals surface area contributed by atoms with E-state index < -0.39 is 5.91 Å². The van der Waals surface area contributed by atoms with Crippen LogP contribution in [0.2, 0.25) is 0 Å². The van der Waals surface area contributed by atoms with Gasteiger partial charge in [-0.15, -0.1) is 0 Å². The van der Waals surface area contributed by atoms with E-state index in [1.165, 1.54) is 0 Å². The highest BCUT2D eigenvalue weighted by molar-refractivity contribution is 5.97. The van der Waals surface area contributed by atoms with Gasteiger partial charge in [-0.2, -0.15) is 0 Å². The molecule has 0 radical (unpaired) electrons. The van der Waals surface area contributed by atoms with Crippen LogP contribution < -0.4 is 11.1 Å². The van der Waals surface area contributed by atoms with Crippen LogP contribution in [0.5, 0.6) is 0 Å². The number of aryl methyl sites for hydroxylation is 1. The van der Waals surface area contributed by atoms with Crippen molar-refractivity contribution in [3.8, 4) is 11.1 Å². The van der Waals surface area contributed by atoms with Gasteiger partial charge in [-0.1, -0.05) is 38.1 Å². The summed E-state index contributed by atoms with van der Waals surface area (Å²) in [6.07, 6.45) is 0. The molecule has 2 rings (SSSR count). The zero-order chi connectivity index (χ0) is 16.7. The zero-order valence-corrected chi connectivity index (χ0v) is 13.4. The smallest absolute Gasteiger partial charge is 0.251 e. The molecule has 2 aromatic rings.